The van der Waals surface area contributed by atoms with Gasteiger partial charge in [-0.2, -0.15) is 0 Å². The third-order valence-corrected chi connectivity index (χ3v) is 9.40. The highest BCUT2D eigenvalue weighted by Crippen LogP contribution is 2.31. The van der Waals surface area contributed by atoms with Gasteiger partial charge in [-0.15, -0.1) is 0 Å². The van der Waals surface area contributed by atoms with Crippen molar-refractivity contribution in [3.8, 4) is 5.75 Å². The van der Waals surface area contributed by atoms with Crippen molar-refractivity contribution in [2.75, 3.05) is 21.2 Å². The number of ether oxygens (including phenoxy) is 1. The molecule has 3 N–H and O–H groups in total. The molecule has 0 aliphatic carbocycles. The molecule has 3 unspecified atom stereocenters. The van der Waals surface area contributed by atoms with E-state index in [0.717, 1.165) is 5.56 Å². The van der Waals surface area contributed by atoms with Crippen LogP contribution >= 0.6 is 0 Å². The predicted molar refractivity (Wildman–Crippen MR) is 183 cm³/mol. The number of carbonyl (C=O) groups is 3. The number of rotatable bonds is 14. The number of amides is 3. The van der Waals surface area contributed by atoms with Gasteiger partial charge in [-0.25, -0.2) is 13.1 Å². The first-order valence-corrected chi connectivity index (χ1v) is 17.1. The van der Waals surface area contributed by atoms with Crippen LogP contribution in [0.2, 0.25) is 0 Å². The summed E-state index contributed by atoms with van der Waals surface area (Å²) in [6.07, 6.45) is 1.60. The summed E-state index contributed by atoms with van der Waals surface area (Å²) >= 11 is 0. The van der Waals surface area contributed by atoms with Crippen molar-refractivity contribution < 1.29 is 27.5 Å². The summed E-state index contributed by atoms with van der Waals surface area (Å²) in [5.41, 5.74) is 0.266. The molecule has 0 spiro atoms. The van der Waals surface area contributed by atoms with E-state index in [1.165, 1.54) is 11.8 Å². The maximum atomic E-state index is 14.1. The summed E-state index contributed by atoms with van der Waals surface area (Å²) < 4.78 is 32.9. The lowest BCUT2D eigenvalue weighted by Crippen LogP contribution is -2.61. The minimum Gasteiger partial charge on any atom is -0.497 e. The Morgan fingerprint density at radius 2 is 1.57 bits per heavy atom. The zero-order valence-electron chi connectivity index (χ0n) is 29.1. The number of sulfonamides is 1. The molecule has 2 rings (SSSR count). The van der Waals surface area contributed by atoms with E-state index >= 15 is 0 Å². The van der Waals surface area contributed by atoms with Gasteiger partial charge in [0.1, 0.15) is 11.8 Å². The van der Waals surface area contributed by atoms with E-state index in [-0.39, 0.29) is 29.1 Å². The minimum absolute atomic E-state index is 0.133. The molecular formula is C35H52N4O6S. The van der Waals surface area contributed by atoms with Gasteiger partial charge in [0.15, 0.2) is 0 Å². The van der Waals surface area contributed by atoms with Gasteiger partial charge >= 0.3 is 0 Å². The standard InChI is InChI=1S/C35H52N4O6S/c1-23(2)28(20-24(3)31(40)38-46(43,44)22-25-16-13-12-14-17-25)39(10)33(42)30(34(4,5)6)37-32(41)29(36-9)35(7,8)26-18-15-19-27(21-26)45-11/h12-21,23,28-30,36H,22H2,1-11H3,(H,37,41)(H,38,40)/b24-20+. The third kappa shape index (κ3) is 10.2. The van der Waals surface area contributed by atoms with Crippen LogP contribution in [0.1, 0.15) is 66.5 Å². The van der Waals surface area contributed by atoms with E-state index in [1.54, 1.807) is 57.6 Å². The second kappa shape index (κ2) is 15.7. The van der Waals surface area contributed by atoms with Crippen LogP contribution in [-0.2, 0) is 35.6 Å². The molecule has 0 fully saturated rings. The summed E-state index contributed by atoms with van der Waals surface area (Å²) in [5.74, 6) is -1.24. The smallest absolute Gasteiger partial charge is 0.260 e. The van der Waals surface area contributed by atoms with Crippen molar-refractivity contribution in [2.24, 2.45) is 11.3 Å². The molecule has 0 aliphatic rings. The van der Waals surface area contributed by atoms with Gasteiger partial charge in [0.05, 0.1) is 24.9 Å². The Kier molecular flexibility index (Phi) is 13.2. The molecule has 11 heteroatoms. The zero-order valence-corrected chi connectivity index (χ0v) is 29.9. The minimum atomic E-state index is -3.95. The Morgan fingerprint density at radius 3 is 2.09 bits per heavy atom. The maximum absolute atomic E-state index is 14.1. The van der Waals surface area contributed by atoms with Crippen LogP contribution in [0.4, 0.5) is 0 Å². The molecule has 0 heterocycles. The van der Waals surface area contributed by atoms with Crippen molar-refractivity contribution in [1.82, 2.24) is 20.3 Å². The molecule has 0 bridgehead atoms. The number of likely N-dealkylation sites (N-methyl/N-ethyl adjacent to an activating group) is 2. The van der Waals surface area contributed by atoms with Gasteiger partial charge in [-0.05, 0) is 48.6 Å². The lowest BCUT2D eigenvalue weighted by Gasteiger charge is -2.40. The second-order valence-electron chi connectivity index (χ2n) is 13.7. The van der Waals surface area contributed by atoms with Crippen molar-refractivity contribution >= 4 is 27.7 Å². The third-order valence-electron chi connectivity index (χ3n) is 8.19. The molecule has 0 aliphatic heterocycles. The zero-order chi connectivity index (χ0) is 35.0. The average Bonchev–Trinajstić information content (AvgIpc) is 2.97. The Labute approximate surface area is 275 Å². The molecule has 3 atom stereocenters. The largest absolute Gasteiger partial charge is 0.497 e. The van der Waals surface area contributed by atoms with Crippen LogP contribution in [0, 0.1) is 11.3 Å². The number of benzene rings is 2. The summed E-state index contributed by atoms with van der Waals surface area (Å²) in [5, 5.41) is 6.15. The molecule has 0 aromatic heterocycles. The van der Waals surface area contributed by atoms with Crippen LogP contribution in [0.3, 0.4) is 0 Å². The fourth-order valence-corrected chi connectivity index (χ4v) is 6.52. The molecule has 2 aromatic rings. The first-order chi connectivity index (χ1) is 21.2. The van der Waals surface area contributed by atoms with Crippen LogP contribution in [0.25, 0.3) is 0 Å². The Morgan fingerprint density at radius 1 is 0.957 bits per heavy atom. The number of hydrogen-bond acceptors (Lipinski definition) is 7. The summed E-state index contributed by atoms with van der Waals surface area (Å²) in [4.78, 5) is 42.5. The number of nitrogens with one attached hydrogen (secondary N) is 3. The molecule has 46 heavy (non-hydrogen) atoms. The number of nitrogens with zero attached hydrogens (tertiary/aromatic N) is 1. The molecule has 10 nitrogen and oxygen atoms in total. The number of methoxy groups -OCH3 is 1. The number of carbonyl (C=O) groups excluding carboxylic acids is 3. The maximum Gasteiger partial charge on any atom is 0.260 e. The monoisotopic (exact) mass is 656 g/mol. The molecular weight excluding hydrogens is 604 g/mol. The van der Waals surface area contributed by atoms with E-state index in [9.17, 15) is 22.8 Å². The van der Waals surface area contributed by atoms with E-state index < -0.39 is 44.9 Å². The average molecular weight is 657 g/mol. The lowest BCUT2D eigenvalue weighted by molar-refractivity contribution is -0.140. The van der Waals surface area contributed by atoms with Gasteiger partial charge < -0.3 is 20.3 Å². The van der Waals surface area contributed by atoms with Crippen molar-refractivity contribution in [2.45, 2.75) is 84.7 Å². The van der Waals surface area contributed by atoms with Gasteiger partial charge in [0.2, 0.25) is 21.8 Å². The van der Waals surface area contributed by atoms with Crippen molar-refractivity contribution in [3.63, 3.8) is 0 Å². The highest BCUT2D eigenvalue weighted by Gasteiger charge is 2.41. The van der Waals surface area contributed by atoms with Crippen LogP contribution in [0.5, 0.6) is 5.75 Å². The van der Waals surface area contributed by atoms with E-state index in [2.05, 4.69) is 15.4 Å². The van der Waals surface area contributed by atoms with E-state index in [4.69, 9.17) is 4.74 Å². The van der Waals surface area contributed by atoms with E-state index in [0.29, 0.717) is 11.3 Å². The van der Waals surface area contributed by atoms with Crippen LogP contribution in [-0.4, -0.2) is 70.4 Å². The first-order valence-electron chi connectivity index (χ1n) is 15.4. The predicted octanol–water partition coefficient (Wildman–Crippen LogP) is 4.17. The topological polar surface area (TPSA) is 134 Å². The van der Waals surface area contributed by atoms with Gasteiger partial charge in [0, 0.05) is 18.0 Å². The summed E-state index contributed by atoms with van der Waals surface area (Å²) in [6, 6.07) is 14.0. The molecule has 2 aromatic carbocycles. The van der Waals surface area contributed by atoms with Crippen LogP contribution in [0.15, 0.2) is 66.2 Å². The Balaban J connectivity index is 2.31. The molecule has 0 saturated heterocycles. The Bertz CT molecular complexity index is 1500. The van der Waals surface area contributed by atoms with Crippen molar-refractivity contribution in [3.05, 3.63) is 77.4 Å². The number of hydrogen-bond donors (Lipinski definition) is 3. The highest BCUT2D eigenvalue weighted by molar-refractivity contribution is 7.89. The second-order valence-corrected chi connectivity index (χ2v) is 15.4. The fourth-order valence-electron chi connectivity index (χ4n) is 5.37. The van der Waals surface area contributed by atoms with Gasteiger partial charge in [0.25, 0.3) is 5.91 Å². The molecule has 254 valence electrons. The van der Waals surface area contributed by atoms with Crippen LogP contribution < -0.4 is 20.1 Å². The van der Waals surface area contributed by atoms with Gasteiger partial charge in [-0.1, -0.05) is 97.0 Å². The Hall–Kier alpha value is -3.70. The lowest BCUT2D eigenvalue weighted by atomic mass is 9.76. The van der Waals surface area contributed by atoms with Gasteiger partial charge in [-0.3, -0.25) is 14.4 Å². The SMILES string of the molecule is CNC(C(=O)NC(C(=O)N(C)C(/C=C(\C)C(=O)NS(=O)(=O)Cc1ccccc1)C(C)C)C(C)(C)C)C(C)(C)c1cccc(OC)c1. The molecule has 0 radical (unpaired) electrons. The normalized spacial score (nSPS) is 14.7. The molecule has 0 saturated carbocycles. The summed E-state index contributed by atoms with van der Waals surface area (Å²) in [6.45, 7) is 14.9. The highest BCUT2D eigenvalue weighted by atomic mass is 32.2. The first kappa shape index (κ1) is 38.5. The quantitative estimate of drug-likeness (QED) is 0.260. The van der Waals surface area contributed by atoms with E-state index in [1.807, 2.05) is 72.7 Å². The summed E-state index contributed by atoms with van der Waals surface area (Å²) in [7, 11) is 0.977. The van der Waals surface area contributed by atoms with Crippen molar-refractivity contribution in [1.29, 1.82) is 0 Å². The fraction of sp³-hybridized carbons (Fsp3) is 0.514. The molecule has 3 amide bonds.